The van der Waals surface area contributed by atoms with E-state index in [1.807, 2.05) is 12.1 Å². The molecule has 24 heavy (non-hydrogen) atoms. The summed E-state index contributed by atoms with van der Waals surface area (Å²) in [5.41, 5.74) is -0.00205. The van der Waals surface area contributed by atoms with Crippen molar-refractivity contribution in [3.63, 3.8) is 0 Å². The van der Waals surface area contributed by atoms with E-state index in [1.54, 1.807) is 19.1 Å². The third kappa shape index (κ3) is 4.17. The molecule has 0 radical (unpaired) electrons. The molecule has 1 aliphatic rings. The van der Waals surface area contributed by atoms with Crippen LogP contribution >= 0.6 is 0 Å². The van der Waals surface area contributed by atoms with Crippen molar-refractivity contribution in [2.24, 2.45) is 5.92 Å². The highest BCUT2D eigenvalue weighted by atomic mass is 32.2. The van der Waals surface area contributed by atoms with Crippen LogP contribution in [0.15, 0.2) is 29.2 Å². The molecule has 0 spiro atoms. The van der Waals surface area contributed by atoms with Gasteiger partial charge in [0, 0.05) is 0 Å². The van der Waals surface area contributed by atoms with Gasteiger partial charge in [-0.1, -0.05) is 52.2 Å². The first-order valence-electron chi connectivity index (χ1n) is 8.64. The number of sulfonamides is 1. The molecule has 0 aromatic heterocycles. The Balaban J connectivity index is 2.24. The third-order valence-electron chi connectivity index (χ3n) is 5.03. The van der Waals surface area contributed by atoms with Crippen LogP contribution in [0.2, 0.25) is 0 Å². The van der Waals surface area contributed by atoms with Crippen molar-refractivity contribution < 1.29 is 8.42 Å². The Kier molecular flexibility index (Phi) is 5.41. The molecule has 0 heterocycles. The number of nitriles is 1. The van der Waals surface area contributed by atoms with Crippen LogP contribution in [0.1, 0.15) is 65.4 Å². The molecule has 0 aliphatic heterocycles. The standard InChI is InChI=1S/C19H28N2O2S/c1-18(2,3)15-10-12-17(13-11-15)24(22,23)21-19(4,14-20)16-8-6-5-7-9-16/h10-13,16,21H,5-9H2,1-4H3/t19-/m1/s1. The highest BCUT2D eigenvalue weighted by Gasteiger charge is 2.39. The van der Waals surface area contributed by atoms with Crippen LogP contribution < -0.4 is 4.72 Å². The molecule has 0 bridgehead atoms. The van der Waals surface area contributed by atoms with Gasteiger partial charge in [0.25, 0.3) is 0 Å². The van der Waals surface area contributed by atoms with Crippen LogP contribution in [0.5, 0.6) is 0 Å². The van der Waals surface area contributed by atoms with E-state index in [1.165, 1.54) is 6.42 Å². The molecule has 1 fully saturated rings. The van der Waals surface area contributed by atoms with E-state index in [4.69, 9.17) is 0 Å². The molecule has 1 saturated carbocycles. The number of nitrogens with zero attached hydrogens (tertiary/aromatic N) is 1. The molecule has 1 atom stereocenters. The van der Waals surface area contributed by atoms with Crippen molar-refractivity contribution in [2.45, 2.75) is 75.6 Å². The van der Waals surface area contributed by atoms with Crippen LogP contribution in [-0.4, -0.2) is 14.0 Å². The highest BCUT2D eigenvalue weighted by molar-refractivity contribution is 7.89. The number of benzene rings is 1. The molecule has 1 N–H and O–H groups in total. The molecule has 0 unspecified atom stereocenters. The second-order valence-electron chi connectivity index (χ2n) is 8.03. The van der Waals surface area contributed by atoms with E-state index in [-0.39, 0.29) is 16.2 Å². The molecule has 1 aromatic rings. The smallest absolute Gasteiger partial charge is 0.207 e. The summed E-state index contributed by atoms with van der Waals surface area (Å²) in [5.74, 6) is 0.0693. The maximum absolute atomic E-state index is 12.7. The lowest BCUT2D eigenvalue weighted by Crippen LogP contribution is -2.50. The van der Waals surface area contributed by atoms with Crippen LogP contribution in [0.3, 0.4) is 0 Å². The summed E-state index contributed by atoms with van der Waals surface area (Å²) in [4.78, 5) is 0.216. The molecule has 1 aliphatic carbocycles. The fraction of sp³-hybridized carbons (Fsp3) is 0.632. The minimum absolute atomic E-state index is 0.0288. The first kappa shape index (κ1) is 19.0. The predicted molar refractivity (Wildman–Crippen MR) is 96.1 cm³/mol. The number of hydrogen-bond acceptors (Lipinski definition) is 3. The Bertz CT molecular complexity index is 705. The fourth-order valence-electron chi connectivity index (χ4n) is 3.35. The Morgan fingerprint density at radius 3 is 2.04 bits per heavy atom. The number of hydrogen-bond donors (Lipinski definition) is 1. The van der Waals surface area contributed by atoms with E-state index in [0.717, 1.165) is 31.2 Å². The van der Waals surface area contributed by atoms with Gasteiger partial charge in [0.05, 0.1) is 11.0 Å². The summed E-state index contributed by atoms with van der Waals surface area (Å²) in [6.45, 7) is 7.98. The maximum atomic E-state index is 12.7. The second-order valence-corrected chi connectivity index (χ2v) is 9.71. The molecular formula is C19H28N2O2S. The van der Waals surface area contributed by atoms with Gasteiger partial charge < -0.3 is 0 Å². The topological polar surface area (TPSA) is 70.0 Å². The average molecular weight is 349 g/mol. The van der Waals surface area contributed by atoms with E-state index >= 15 is 0 Å². The number of nitrogens with one attached hydrogen (secondary N) is 1. The van der Waals surface area contributed by atoms with Gasteiger partial charge in [0.2, 0.25) is 10.0 Å². The lowest BCUT2D eigenvalue weighted by Gasteiger charge is -2.34. The average Bonchev–Trinajstić information content (AvgIpc) is 2.54. The summed E-state index contributed by atoms with van der Waals surface area (Å²) in [6.07, 6.45) is 5.08. The fourth-order valence-corrected chi connectivity index (χ4v) is 4.73. The van der Waals surface area contributed by atoms with E-state index in [9.17, 15) is 13.7 Å². The van der Waals surface area contributed by atoms with Crippen molar-refractivity contribution in [1.29, 1.82) is 5.26 Å². The SMILES string of the molecule is CC(C)(C)c1ccc(S(=O)(=O)N[C@](C)(C#N)C2CCCCC2)cc1. The van der Waals surface area contributed by atoms with Gasteiger partial charge in [0.15, 0.2) is 0 Å². The Hall–Kier alpha value is -1.38. The summed E-state index contributed by atoms with van der Waals surface area (Å²) < 4.78 is 28.2. The van der Waals surface area contributed by atoms with E-state index < -0.39 is 15.6 Å². The van der Waals surface area contributed by atoms with Gasteiger partial charge in [-0.25, -0.2) is 8.42 Å². The lowest BCUT2D eigenvalue weighted by molar-refractivity contribution is 0.253. The molecule has 4 nitrogen and oxygen atoms in total. The van der Waals surface area contributed by atoms with E-state index in [2.05, 4.69) is 31.6 Å². The molecular weight excluding hydrogens is 320 g/mol. The van der Waals surface area contributed by atoms with E-state index in [0.29, 0.717) is 0 Å². The van der Waals surface area contributed by atoms with Crippen LogP contribution in [-0.2, 0) is 15.4 Å². The zero-order valence-electron chi connectivity index (χ0n) is 15.1. The van der Waals surface area contributed by atoms with Crippen molar-refractivity contribution in [3.05, 3.63) is 29.8 Å². The van der Waals surface area contributed by atoms with Crippen LogP contribution in [0, 0.1) is 17.2 Å². The zero-order valence-corrected chi connectivity index (χ0v) is 15.9. The van der Waals surface area contributed by atoms with Crippen molar-refractivity contribution >= 4 is 10.0 Å². The minimum Gasteiger partial charge on any atom is -0.207 e. The minimum atomic E-state index is -3.71. The molecule has 0 saturated heterocycles. The monoisotopic (exact) mass is 348 g/mol. The summed E-state index contributed by atoms with van der Waals surface area (Å²) in [6, 6.07) is 9.16. The van der Waals surface area contributed by atoms with Crippen molar-refractivity contribution in [3.8, 4) is 6.07 Å². The van der Waals surface area contributed by atoms with Gasteiger partial charge >= 0.3 is 0 Å². The summed E-state index contributed by atoms with van der Waals surface area (Å²) in [7, 11) is -3.71. The normalized spacial score (nSPS) is 19.5. The summed E-state index contributed by atoms with van der Waals surface area (Å²) in [5, 5.41) is 9.62. The lowest BCUT2D eigenvalue weighted by atomic mass is 9.77. The zero-order chi connectivity index (χ0) is 18.0. The highest BCUT2D eigenvalue weighted by Crippen LogP contribution is 2.33. The Morgan fingerprint density at radius 2 is 1.58 bits per heavy atom. The maximum Gasteiger partial charge on any atom is 0.241 e. The van der Waals surface area contributed by atoms with Crippen LogP contribution in [0.4, 0.5) is 0 Å². The second kappa shape index (κ2) is 6.85. The van der Waals surface area contributed by atoms with Gasteiger partial charge in [0.1, 0.15) is 5.54 Å². The van der Waals surface area contributed by atoms with Gasteiger partial charge in [-0.3, -0.25) is 0 Å². The van der Waals surface area contributed by atoms with Crippen molar-refractivity contribution in [2.75, 3.05) is 0 Å². The molecule has 2 rings (SSSR count). The first-order chi connectivity index (χ1) is 11.1. The quantitative estimate of drug-likeness (QED) is 0.889. The first-order valence-corrected chi connectivity index (χ1v) is 10.1. The Labute approximate surface area is 146 Å². The molecule has 1 aromatic carbocycles. The Morgan fingerprint density at radius 1 is 1.04 bits per heavy atom. The number of rotatable bonds is 4. The van der Waals surface area contributed by atoms with Gasteiger partial charge in [-0.05, 0) is 48.8 Å². The third-order valence-corrected chi connectivity index (χ3v) is 6.62. The summed E-state index contributed by atoms with van der Waals surface area (Å²) >= 11 is 0. The predicted octanol–water partition coefficient (Wildman–Crippen LogP) is 4.12. The van der Waals surface area contributed by atoms with Gasteiger partial charge in [-0.15, -0.1) is 0 Å². The largest absolute Gasteiger partial charge is 0.241 e. The van der Waals surface area contributed by atoms with Crippen LogP contribution in [0.25, 0.3) is 0 Å². The van der Waals surface area contributed by atoms with Crippen molar-refractivity contribution in [1.82, 2.24) is 4.72 Å². The molecule has 132 valence electrons. The molecule has 0 amide bonds. The molecule has 5 heteroatoms. The van der Waals surface area contributed by atoms with Gasteiger partial charge in [-0.2, -0.15) is 9.98 Å².